The van der Waals surface area contributed by atoms with Gasteiger partial charge in [-0.15, -0.1) is 10.2 Å². The minimum Gasteiger partial charge on any atom is -0.451 e. The molecule has 25 heavy (non-hydrogen) atoms. The number of fused-ring (bicyclic) bond motifs is 1. The Morgan fingerprint density at radius 2 is 1.96 bits per heavy atom. The molecular formula is C17H18N4O4. The van der Waals surface area contributed by atoms with Gasteiger partial charge in [-0.1, -0.05) is 32.0 Å². The minimum atomic E-state index is -0.649. The van der Waals surface area contributed by atoms with Crippen LogP contribution in [0, 0.1) is 12.8 Å². The molecule has 2 aromatic heterocycles. The fraction of sp³-hybridized carbons (Fsp3) is 0.353. The third-order valence-corrected chi connectivity index (χ3v) is 3.49. The van der Waals surface area contributed by atoms with Crippen molar-refractivity contribution in [2.45, 2.75) is 33.9 Å². The maximum absolute atomic E-state index is 12.5. The highest BCUT2D eigenvalue weighted by Gasteiger charge is 2.19. The van der Waals surface area contributed by atoms with E-state index in [1.54, 1.807) is 31.2 Å². The van der Waals surface area contributed by atoms with Crippen LogP contribution in [0.2, 0.25) is 0 Å². The first-order valence-corrected chi connectivity index (χ1v) is 7.91. The number of hydrogen-bond acceptors (Lipinski definition) is 7. The predicted molar refractivity (Wildman–Crippen MR) is 89.0 cm³/mol. The molecule has 0 amide bonds. The van der Waals surface area contributed by atoms with Gasteiger partial charge in [0.1, 0.15) is 0 Å². The number of ether oxygens (including phenoxy) is 1. The molecule has 3 aromatic rings. The highest BCUT2D eigenvalue weighted by molar-refractivity contribution is 6.02. The molecule has 3 rings (SSSR count). The summed E-state index contributed by atoms with van der Waals surface area (Å²) < 4.78 is 11.7. The summed E-state index contributed by atoms with van der Waals surface area (Å²) in [5.74, 6) is 0.145. The number of esters is 1. The second-order valence-corrected chi connectivity index (χ2v) is 6.07. The molecule has 0 aliphatic heterocycles. The minimum absolute atomic E-state index is 0.0899. The summed E-state index contributed by atoms with van der Waals surface area (Å²) in [6.45, 7) is 5.85. The van der Waals surface area contributed by atoms with Crippen molar-refractivity contribution in [1.29, 1.82) is 0 Å². The monoisotopic (exact) mass is 342 g/mol. The molecule has 1 aromatic carbocycles. The van der Waals surface area contributed by atoms with Gasteiger partial charge < -0.3 is 9.15 Å². The summed E-state index contributed by atoms with van der Waals surface area (Å²) in [6.07, 6.45) is 0. The number of carbonyl (C=O) groups is 1. The van der Waals surface area contributed by atoms with E-state index >= 15 is 0 Å². The van der Waals surface area contributed by atoms with Crippen molar-refractivity contribution in [2.75, 3.05) is 0 Å². The van der Waals surface area contributed by atoms with Gasteiger partial charge >= 0.3 is 5.97 Å². The molecule has 2 heterocycles. The van der Waals surface area contributed by atoms with Crippen molar-refractivity contribution in [2.24, 2.45) is 5.92 Å². The van der Waals surface area contributed by atoms with Gasteiger partial charge in [0.2, 0.25) is 5.89 Å². The van der Waals surface area contributed by atoms with Gasteiger partial charge in [-0.25, -0.2) is 9.48 Å². The second kappa shape index (κ2) is 6.84. The summed E-state index contributed by atoms with van der Waals surface area (Å²) in [7, 11) is 0. The molecule has 0 saturated heterocycles. The van der Waals surface area contributed by atoms with Crippen LogP contribution < -0.4 is 5.56 Å². The van der Waals surface area contributed by atoms with Crippen molar-refractivity contribution in [3.63, 3.8) is 0 Å². The van der Waals surface area contributed by atoms with E-state index in [2.05, 4.69) is 15.3 Å². The van der Waals surface area contributed by atoms with Crippen molar-refractivity contribution < 1.29 is 13.9 Å². The van der Waals surface area contributed by atoms with Gasteiger partial charge in [-0.3, -0.25) is 4.79 Å². The zero-order valence-electron chi connectivity index (χ0n) is 14.2. The van der Waals surface area contributed by atoms with Gasteiger partial charge in [0.05, 0.1) is 5.39 Å². The summed E-state index contributed by atoms with van der Waals surface area (Å²) in [5.41, 5.74) is -0.138. The third-order valence-electron chi connectivity index (χ3n) is 3.49. The topological polar surface area (TPSA) is 100 Å². The fourth-order valence-electron chi connectivity index (χ4n) is 2.45. The van der Waals surface area contributed by atoms with Gasteiger partial charge in [-0.05, 0) is 12.0 Å². The van der Waals surface area contributed by atoms with Gasteiger partial charge in [0.25, 0.3) is 11.4 Å². The van der Waals surface area contributed by atoms with E-state index in [0.717, 1.165) is 0 Å². The molecule has 0 fully saturated rings. The molecule has 0 aliphatic carbocycles. The van der Waals surface area contributed by atoms with E-state index in [1.807, 2.05) is 13.8 Å². The average Bonchev–Trinajstić information content (AvgIpc) is 3.00. The highest BCUT2D eigenvalue weighted by atomic mass is 16.5. The average molecular weight is 342 g/mol. The molecule has 0 aliphatic rings. The van der Waals surface area contributed by atoms with Crippen LogP contribution in [0.1, 0.15) is 36.1 Å². The maximum Gasteiger partial charge on any atom is 0.359 e. The third kappa shape index (κ3) is 3.57. The predicted octanol–water partition coefficient (Wildman–Crippen LogP) is 2.10. The van der Waals surface area contributed by atoms with E-state index < -0.39 is 5.97 Å². The van der Waals surface area contributed by atoms with Crippen LogP contribution in [-0.4, -0.2) is 25.9 Å². The SMILES string of the molecule is Cc1nnc(COC(=O)c2nn(CC(C)C)c(=O)c3ccccc23)o1. The zero-order chi connectivity index (χ0) is 18.0. The van der Waals surface area contributed by atoms with Gasteiger partial charge in [0, 0.05) is 18.9 Å². The molecule has 130 valence electrons. The van der Waals surface area contributed by atoms with E-state index in [-0.39, 0.29) is 29.7 Å². The van der Waals surface area contributed by atoms with Crippen LogP contribution in [0.25, 0.3) is 10.8 Å². The lowest BCUT2D eigenvalue weighted by molar-refractivity contribution is 0.0429. The van der Waals surface area contributed by atoms with Crippen LogP contribution in [0.5, 0.6) is 0 Å². The Labute approximate surface area is 143 Å². The van der Waals surface area contributed by atoms with E-state index in [0.29, 0.717) is 23.2 Å². The number of aromatic nitrogens is 4. The number of hydrogen-bond donors (Lipinski definition) is 0. The summed E-state index contributed by atoms with van der Waals surface area (Å²) in [6, 6.07) is 6.85. The van der Waals surface area contributed by atoms with E-state index in [1.165, 1.54) is 4.68 Å². The van der Waals surface area contributed by atoms with E-state index in [4.69, 9.17) is 9.15 Å². The maximum atomic E-state index is 12.5. The molecule has 0 spiro atoms. The van der Waals surface area contributed by atoms with Crippen molar-refractivity contribution in [1.82, 2.24) is 20.0 Å². The molecule has 8 heteroatoms. The molecule has 0 N–H and O–H groups in total. The fourth-order valence-corrected chi connectivity index (χ4v) is 2.45. The number of aryl methyl sites for hydroxylation is 1. The molecule has 0 radical (unpaired) electrons. The first kappa shape index (κ1) is 16.8. The normalized spacial score (nSPS) is 11.2. The van der Waals surface area contributed by atoms with Crippen LogP contribution in [-0.2, 0) is 17.9 Å². The lowest BCUT2D eigenvalue weighted by atomic mass is 10.1. The van der Waals surface area contributed by atoms with Crippen LogP contribution in [0.15, 0.2) is 33.5 Å². The molecule has 0 saturated carbocycles. The lowest BCUT2D eigenvalue weighted by Crippen LogP contribution is -2.28. The Morgan fingerprint density at radius 3 is 2.60 bits per heavy atom. The van der Waals surface area contributed by atoms with Gasteiger partial charge in [-0.2, -0.15) is 5.10 Å². The first-order chi connectivity index (χ1) is 12.0. The van der Waals surface area contributed by atoms with Crippen molar-refractivity contribution in [3.8, 4) is 0 Å². The smallest absolute Gasteiger partial charge is 0.359 e. The summed E-state index contributed by atoms with van der Waals surface area (Å²) >= 11 is 0. The van der Waals surface area contributed by atoms with Crippen LogP contribution in [0.4, 0.5) is 0 Å². The Hall–Kier alpha value is -3.03. The Kier molecular flexibility index (Phi) is 4.60. The standard InChI is InChI=1S/C17H18N4O4/c1-10(2)8-21-16(22)13-7-5-4-6-12(13)15(20-21)17(23)24-9-14-19-18-11(3)25-14/h4-7,10H,8-9H2,1-3H3. The van der Waals surface area contributed by atoms with Gasteiger partial charge in [0.15, 0.2) is 12.3 Å². The largest absolute Gasteiger partial charge is 0.451 e. The number of nitrogens with zero attached hydrogens (tertiary/aromatic N) is 4. The quantitative estimate of drug-likeness (QED) is 0.654. The number of benzene rings is 1. The van der Waals surface area contributed by atoms with Crippen LogP contribution in [0.3, 0.4) is 0 Å². The highest BCUT2D eigenvalue weighted by Crippen LogP contribution is 2.15. The molecule has 0 unspecified atom stereocenters. The Balaban J connectivity index is 1.97. The van der Waals surface area contributed by atoms with Crippen LogP contribution >= 0.6 is 0 Å². The zero-order valence-corrected chi connectivity index (χ0v) is 14.2. The summed E-state index contributed by atoms with van der Waals surface area (Å²) in [5, 5.41) is 12.6. The molecular weight excluding hydrogens is 324 g/mol. The summed E-state index contributed by atoms with van der Waals surface area (Å²) in [4.78, 5) is 25.0. The van der Waals surface area contributed by atoms with Crippen molar-refractivity contribution >= 4 is 16.7 Å². The number of rotatable bonds is 5. The van der Waals surface area contributed by atoms with Crippen molar-refractivity contribution in [3.05, 3.63) is 52.1 Å². The Morgan fingerprint density at radius 1 is 1.24 bits per heavy atom. The molecule has 0 atom stereocenters. The lowest BCUT2D eigenvalue weighted by Gasteiger charge is -2.11. The second-order valence-electron chi connectivity index (χ2n) is 6.07. The number of carbonyl (C=O) groups excluding carboxylic acids is 1. The first-order valence-electron chi connectivity index (χ1n) is 7.91. The van der Waals surface area contributed by atoms with E-state index in [9.17, 15) is 9.59 Å². The molecule has 8 nitrogen and oxygen atoms in total. The Bertz CT molecular complexity index is 974. The molecule has 0 bridgehead atoms.